The van der Waals surface area contributed by atoms with Crippen LogP contribution in [0.1, 0.15) is 32.4 Å². The Balaban J connectivity index is 1.70. The van der Waals surface area contributed by atoms with Gasteiger partial charge in [0.25, 0.3) is 5.56 Å². The van der Waals surface area contributed by atoms with Gasteiger partial charge in [0.2, 0.25) is 5.91 Å². The van der Waals surface area contributed by atoms with E-state index in [1.165, 1.54) is 22.4 Å². The molecule has 0 aliphatic carbocycles. The number of hydrogen-bond acceptors (Lipinski definition) is 5. The molecular formula is C22H29FN4O2S. The lowest BCUT2D eigenvalue weighted by Gasteiger charge is -2.37. The molecule has 8 heteroatoms. The van der Waals surface area contributed by atoms with E-state index in [1.807, 2.05) is 29.7 Å². The van der Waals surface area contributed by atoms with Crippen LogP contribution >= 0.6 is 11.8 Å². The third-order valence-corrected chi connectivity index (χ3v) is 6.67. The number of nitrogens with zero attached hydrogens (tertiary/aromatic N) is 4. The number of aromatic nitrogens is 2. The molecule has 1 aliphatic rings. The first-order chi connectivity index (χ1) is 14.4. The van der Waals surface area contributed by atoms with Gasteiger partial charge < -0.3 is 9.80 Å². The highest BCUT2D eigenvalue weighted by Gasteiger charge is 2.29. The van der Waals surface area contributed by atoms with E-state index >= 15 is 0 Å². The van der Waals surface area contributed by atoms with Gasteiger partial charge in [0.1, 0.15) is 5.82 Å². The number of benzene rings is 1. The van der Waals surface area contributed by atoms with E-state index < -0.39 is 0 Å². The van der Waals surface area contributed by atoms with Crippen LogP contribution in [0.15, 0.2) is 40.3 Å². The summed E-state index contributed by atoms with van der Waals surface area (Å²) in [6, 6.07) is 8.28. The minimum absolute atomic E-state index is 0.0613. The molecule has 0 spiro atoms. The molecule has 0 radical (unpaired) electrons. The fourth-order valence-electron chi connectivity index (χ4n) is 3.55. The number of aryl methyl sites for hydroxylation is 1. The number of rotatable bonds is 7. The average molecular weight is 433 g/mol. The molecule has 0 N–H and O–H groups in total. The van der Waals surface area contributed by atoms with Crippen molar-refractivity contribution in [1.82, 2.24) is 14.5 Å². The number of hydrogen-bond donors (Lipinski definition) is 0. The van der Waals surface area contributed by atoms with Crippen molar-refractivity contribution in [1.29, 1.82) is 0 Å². The summed E-state index contributed by atoms with van der Waals surface area (Å²) < 4.78 is 15.6. The van der Waals surface area contributed by atoms with E-state index in [0.717, 1.165) is 12.1 Å². The van der Waals surface area contributed by atoms with Crippen molar-refractivity contribution < 1.29 is 9.18 Å². The number of para-hydroxylation sites is 1. The van der Waals surface area contributed by atoms with Crippen LogP contribution in [0.5, 0.6) is 0 Å². The fraction of sp³-hybridized carbons (Fsp3) is 0.500. The van der Waals surface area contributed by atoms with Crippen molar-refractivity contribution in [3.8, 4) is 0 Å². The number of carbonyl (C=O) groups excluding carboxylic acids is 1. The maximum Gasteiger partial charge on any atom is 0.254 e. The van der Waals surface area contributed by atoms with Crippen LogP contribution in [0.3, 0.4) is 0 Å². The maximum absolute atomic E-state index is 14.1. The lowest BCUT2D eigenvalue weighted by atomic mass is 10.2. The summed E-state index contributed by atoms with van der Waals surface area (Å²) in [5.41, 5.74) is 1.21. The standard InChI is InChI=1S/C22H29FN4O2S/c1-4-8-19(30-22-24-16(5-2)15-20(28)25(22)3)21(29)27-13-11-26(12-14-27)18-10-7-6-9-17(18)23/h6-7,9-10,15,19H,4-5,8,11-14H2,1-3H3. The smallest absolute Gasteiger partial charge is 0.254 e. The minimum Gasteiger partial charge on any atom is -0.366 e. The first-order valence-electron chi connectivity index (χ1n) is 10.5. The first kappa shape index (κ1) is 22.3. The summed E-state index contributed by atoms with van der Waals surface area (Å²) in [5.74, 6) is -0.175. The van der Waals surface area contributed by atoms with Crippen molar-refractivity contribution in [2.24, 2.45) is 7.05 Å². The number of thioether (sulfide) groups is 1. The van der Waals surface area contributed by atoms with Gasteiger partial charge in [-0.15, -0.1) is 0 Å². The summed E-state index contributed by atoms with van der Waals surface area (Å²) in [5, 5.41) is 0.288. The van der Waals surface area contributed by atoms with Gasteiger partial charge in [-0.2, -0.15) is 0 Å². The van der Waals surface area contributed by atoms with Gasteiger partial charge in [0.05, 0.1) is 10.9 Å². The molecule has 2 aromatic rings. The van der Waals surface area contributed by atoms with Gasteiger partial charge in [0, 0.05) is 45.0 Å². The van der Waals surface area contributed by atoms with E-state index in [0.29, 0.717) is 49.9 Å². The van der Waals surface area contributed by atoms with E-state index in [1.54, 1.807) is 25.2 Å². The highest BCUT2D eigenvalue weighted by atomic mass is 32.2. The number of amides is 1. The summed E-state index contributed by atoms with van der Waals surface area (Å²) in [7, 11) is 1.69. The second-order valence-corrected chi connectivity index (χ2v) is 8.61. The second kappa shape index (κ2) is 10.1. The van der Waals surface area contributed by atoms with Crippen molar-refractivity contribution in [3.05, 3.63) is 52.2 Å². The van der Waals surface area contributed by atoms with Gasteiger partial charge >= 0.3 is 0 Å². The molecule has 162 valence electrons. The van der Waals surface area contributed by atoms with Crippen molar-refractivity contribution >= 4 is 23.4 Å². The van der Waals surface area contributed by atoms with Crippen LogP contribution in [0, 0.1) is 5.82 Å². The molecule has 6 nitrogen and oxygen atoms in total. The lowest BCUT2D eigenvalue weighted by Crippen LogP contribution is -2.51. The molecule has 1 atom stereocenters. The molecule has 0 saturated carbocycles. The van der Waals surface area contributed by atoms with Crippen LogP contribution in [0.2, 0.25) is 0 Å². The predicted octanol–water partition coefficient (Wildman–Crippen LogP) is 3.09. The van der Waals surface area contributed by atoms with E-state index in [2.05, 4.69) is 4.98 Å². The highest BCUT2D eigenvalue weighted by molar-refractivity contribution is 8.00. The van der Waals surface area contributed by atoms with Crippen LogP contribution < -0.4 is 10.5 Å². The van der Waals surface area contributed by atoms with Crippen molar-refractivity contribution in [2.75, 3.05) is 31.1 Å². The van der Waals surface area contributed by atoms with E-state index in [4.69, 9.17) is 0 Å². The minimum atomic E-state index is -0.291. The Kier molecular flexibility index (Phi) is 7.53. The molecule has 1 fully saturated rings. The molecule has 2 heterocycles. The number of anilines is 1. The average Bonchev–Trinajstić information content (AvgIpc) is 2.76. The Bertz CT molecular complexity index is 941. The van der Waals surface area contributed by atoms with Gasteiger partial charge in [0.15, 0.2) is 5.16 Å². The topological polar surface area (TPSA) is 58.4 Å². The molecule has 0 bridgehead atoms. The molecule has 30 heavy (non-hydrogen) atoms. The normalized spacial score (nSPS) is 15.3. The third kappa shape index (κ3) is 5.03. The number of piperazine rings is 1. The van der Waals surface area contributed by atoms with Crippen LogP contribution in [0.25, 0.3) is 0 Å². The predicted molar refractivity (Wildman–Crippen MR) is 119 cm³/mol. The Morgan fingerprint density at radius 2 is 1.90 bits per heavy atom. The molecule has 1 unspecified atom stereocenters. The molecule has 1 aromatic heterocycles. The quantitative estimate of drug-likeness (QED) is 0.497. The maximum atomic E-state index is 14.1. The Labute approximate surface area is 181 Å². The second-order valence-electron chi connectivity index (χ2n) is 7.44. The Morgan fingerprint density at radius 3 is 2.53 bits per heavy atom. The summed E-state index contributed by atoms with van der Waals surface area (Å²) in [4.78, 5) is 33.9. The Hall–Kier alpha value is -2.35. The number of halogens is 1. The molecule has 1 aliphatic heterocycles. The molecule has 1 aromatic carbocycles. The summed E-state index contributed by atoms with van der Waals surface area (Å²) in [6.45, 7) is 6.30. The van der Waals surface area contributed by atoms with Crippen LogP contribution in [-0.2, 0) is 18.3 Å². The van der Waals surface area contributed by atoms with Gasteiger partial charge in [-0.3, -0.25) is 14.2 Å². The largest absolute Gasteiger partial charge is 0.366 e. The number of carbonyl (C=O) groups is 1. The zero-order valence-corrected chi connectivity index (χ0v) is 18.6. The third-order valence-electron chi connectivity index (χ3n) is 5.37. The molecule has 1 amide bonds. The van der Waals surface area contributed by atoms with E-state index in [9.17, 15) is 14.0 Å². The highest BCUT2D eigenvalue weighted by Crippen LogP contribution is 2.27. The van der Waals surface area contributed by atoms with Crippen molar-refractivity contribution in [3.63, 3.8) is 0 Å². The Morgan fingerprint density at radius 1 is 1.20 bits per heavy atom. The first-order valence-corrected chi connectivity index (χ1v) is 11.3. The SMILES string of the molecule is CCCC(Sc1nc(CC)cc(=O)n1C)C(=O)N1CCN(c2ccccc2F)CC1. The molecular weight excluding hydrogens is 403 g/mol. The van der Waals surface area contributed by atoms with Crippen LogP contribution in [-0.4, -0.2) is 51.8 Å². The fourth-order valence-corrected chi connectivity index (χ4v) is 4.83. The van der Waals surface area contributed by atoms with Crippen LogP contribution in [0.4, 0.5) is 10.1 Å². The molecule has 1 saturated heterocycles. The van der Waals surface area contributed by atoms with Gasteiger partial charge in [-0.25, -0.2) is 9.37 Å². The molecule has 3 rings (SSSR count). The lowest BCUT2D eigenvalue weighted by molar-refractivity contribution is -0.131. The van der Waals surface area contributed by atoms with E-state index in [-0.39, 0.29) is 22.5 Å². The summed E-state index contributed by atoms with van der Waals surface area (Å²) in [6.07, 6.45) is 2.25. The monoisotopic (exact) mass is 432 g/mol. The van der Waals surface area contributed by atoms with Gasteiger partial charge in [-0.05, 0) is 25.0 Å². The summed E-state index contributed by atoms with van der Waals surface area (Å²) >= 11 is 1.37. The zero-order valence-electron chi connectivity index (χ0n) is 17.8. The zero-order chi connectivity index (χ0) is 21.7. The van der Waals surface area contributed by atoms with Gasteiger partial charge in [-0.1, -0.05) is 44.2 Å². The van der Waals surface area contributed by atoms with Crippen molar-refractivity contribution in [2.45, 2.75) is 43.5 Å².